The van der Waals surface area contributed by atoms with E-state index in [2.05, 4.69) is 20.2 Å². The lowest BCUT2D eigenvalue weighted by molar-refractivity contribution is 0.0741. The van der Waals surface area contributed by atoms with Crippen molar-refractivity contribution in [2.75, 3.05) is 19.8 Å². The predicted molar refractivity (Wildman–Crippen MR) is 88.1 cm³/mol. The van der Waals surface area contributed by atoms with Gasteiger partial charge in [0.1, 0.15) is 18.1 Å². The number of aromatic nitrogens is 4. The highest BCUT2D eigenvalue weighted by Gasteiger charge is 2.13. The van der Waals surface area contributed by atoms with Crippen LogP contribution < -0.4 is 9.47 Å². The van der Waals surface area contributed by atoms with Crippen molar-refractivity contribution in [1.29, 1.82) is 0 Å². The number of ether oxygens (including phenoxy) is 3. The molecule has 4 bridgehead atoms. The van der Waals surface area contributed by atoms with Gasteiger partial charge in [-0.2, -0.15) is 10.1 Å². The van der Waals surface area contributed by atoms with Crippen LogP contribution in [0.25, 0.3) is 22.3 Å². The van der Waals surface area contributed by atoms with Crippen LogP contribution in [0.4, 0.5) is 0 Å². The Morgan fingerprint density at radius 2 is 2.12 bits per heavy atom. The van der Waals surface area contributed by atoms with Crippen molar-refractivity contribution in [2.45, 2.75) is 19.4 Å². The molecule has 1 atom stereocenters. The number of rotatable bonds is 0. The second-order valence-corrected chi connectivity index (χ2v) is 5.68. The molecule has 0 fully saturated rings. The minimum absolute atomic E-state index is 0.0599. The summed E-state index contributed by atoms with van der Waals surface area (Å²) >= 11 is 0. The number of aromatic amines is 1. The standard InChI is InChI=1S/C17H18N4O3/c1-11-5-7-22-8-9-23-17-18-6-4-15(19-17)16-13-10-12(24-11)2-3-14(13)20-21-16/h2-4,6,10-11H,5,7-9H2,1H3,(H,20,21)/t11-/m0/s1. The summed E-state index contributed by atoms with van der Waals surface area (Å²) in [6, 6.07) is 8.01. The van der Waals surface area contributed by atoms with Gasteiger partial charge in [0, 0.05) is 18.0 Å². The fraction of sp³-hybridized carbons (Fsp3) is 0.353. The second kappa shape index (κ2) is 6.45. The van der Waals surface area contributed by atoms with Gasteiger partial charge in [-0.05, 0) is 31.2 Å². The zero-order valence-electron chi connectivity index (χ0n) is 13.4. The molecule has 4 rings (SSSR count). The van der Waals surface area contributed by atoms with Crippen molar-refractivity contribution in [2.24, 2.45) is 0 Å². The first kappa shape index (κ1) is 14.9. The molecule has 7 nitrogen and oxygen atoms in total. The Morgan fingerprint density at radius 1 is 1.17 bits per heavy atom. The van der Waals surface area contributed by atoms with Crippen molar-refractivity contribution in [3.63, 3.8) is 0 Å². The Labute approximate surface area is 139 Å². The molecule has 1 N–H and O–H groups in total. The molecule has 0 radical (unpaired) electrons. The minimum atomic E-state index is 0.0599. The van der Waals surface area contributed by atoms with Crippen molar-refractivity contribution < 1.29 is 14.2 Å². The molecule has 0 unspecified atom stereocenters. The van der Waals surface area contributed by atoms with Crippen molar-refractivity contribution >= 4 is 10.9 Å². The van der Waals surface area contributed by atoms with Gasteiger partial charge in [-0.3, -0.25) is 5.10 Å². The lowest BCUT2D eigenvalue weighted by Gasteiger charge is -2.14. The average Bonchev–Trinajstić information content (AvgIpc) is 3.01. The van der Waals surface area contributed by atoms with E-state index < -0.39 is 0 Å². The molecule has 3 aromatic rings. The van der Waals surface area contributed by atoms with Gasteiger partial charge in [-0.15, -0.1) is 0 Å². The zero-order valence-corrected chi connectivity index (χ0v) is 13.4. The molecule has 0 saturated carbocycles. The molecule has 0 saturated heterocycles. The van der Waals surface area contributed by atoms with E-state index in [4.69, 9.17) is 14.2 Å². The monoisotopic (exact) mass is 326 g/mol. The van der Waals surface area contributed by atoms with Crippen LogP contribution in [-0.4, -0.2) is 46.1 Å². The number of hydrogen-bond acceptors (Lipinski definition) is 6. The highest BCUT2D eigenvalue weighted by molar-refractivity contribution is 5.92. The highest BCUT2D eigenvalue weighted by atomic mass is 16.5. The molecule has 1 aliphatic rings. The number of H-pyrrole nitrogens is 1. The molecule has 0 spiro atoms. The largest absolute Gasteiger partial charge is 0.491 e. The molecule has 2 aromatic heterocycles. The number of benzene rings is 1. The van der Waals surface area contributed by atoms with Crippen LogP contribution >= 0.6 is 0 Å². The van der Waals surface area contributed by atoms with Crippen LogP contribution in [0, 0.1) is 0 Å². The molecule has 0 aliphatic carbocycles. The molecular weight excluding hydrogens is 308 g/mol. The first-order valence-electron chi connectivity index (χ1n) is 7.98. The van der Waals surface area contributed by atoms with Gasteiger partial charge >= 0.3 is 6.01 Å². The molecule has 1 aliphatic heterocycles. The van der Waals surface area contributed by atoms with Crippen LogP contribution in [0.1, 0.15) is 13.3 Å². The average molecular weight is 326 g/mol. The van der Waals surface area contributed by atoms with Gasteiger partial charge < -0.3 is 14.2 Å². The summed E-state index contributed by atoms with van der Waals surface area (Å²) < 4.78 is 17.1. The summed E-state index contributed by atoms with van der Waals surface area (Å²) in [7, 11) is 0. The molecule has 7 heteroatoms. The zero-order chi connectivity index (χ0) is 16.4. The first-order chi connectivity index (χ1) is 11.8. The van der Waals surface area contributed by atoms with E-state index in [0.717, 1.165) is 28.8 Å². The Morgan fingerprint density at radius 3 is 3.08 bits per heavy atom. The number of nitrogens with one attached hydrogen (secondary N) is 1. The van der Waals surface area contributed by atoms with Crippen molar-refractivity contribution in [1.82, 2.24) is 20.2 Å². The lowest BCUT2D eigenvalue weighted by atomic mass is 10.1. The molecule has 24 heavy (non-hydrogen) atoms. The van der Waals surface area contributed by atoms with Crippen LogP contribution in [0.5, 0.6) is 11.8 Å². The maximum Gasteiger partial charge on any atom is 0.317 e. The van der Waals surface area contributed by atoms with E-state index in [1.54, 1.807) is 6.20 Å². The summed E-state index contributed by atoms with van der Waals surface area (Å²) in [5.41, 5.74) is 2.38. The maximum absolute atomic E-state index is 5.99. The second-order valence-electron chi connectivity index (χ2n) is 5.68. The fourth-order valence-corrected chi connectivity index (χ4v) is 2.64. The van der Waals surface area contributed by atoms with E-state index >= 15 is 0 Å². The number of hydrogen-bond donors (Lipinski definition) is 1. The van der Waals surface area contributed by atoms with E-state index in [9.17, 15) is 0 Å². The highest BCUT2D eigenvalue weighted by Crippen LogP contribution is 2.29. The topological polar surface area (TPSA) is 82.2 Å². The van der Waals surface area contributed by atoms with Gasteiger partial charge in [-0.25, -0.2) is 4.98 Å². The summed E-state index contributed by atoms with van der Waals surface area (Å²) in [4.78, 5) is 8.57. The summed E-state index contributed by atoms with van der Waals surface area (Å²) in [5.74, 6) is 0.804. The van der Waals surface area contributed by atoms with Gasteiger partial charge in [0.05, 0.1) is 30.5 Å². The Bertz CT molecular complexity index is 849. The molecular formula is C17H18N4O3. The Kier molecular flexibility index (Phi) is 4.00. The third-order valence-electron chi connectivity index (χ3n) is 3.88. The Hall–Kier alpha value is -2.67. The Balaban J connectivity index is 1.79. The van der Waals surface area contributed by atoms with Crippen molar-refractivity contribution in [3.8, 4) is 23.1 Å². The third kappa shape index (κ3) is 3.03. The summed E-state index contributed by atoms with van der Waals surface area (Å²) in [5, 5.41) is 8.37. The van der Waals surface area contributed by atoms with E-state index in [0.29, 0.717) is 31.5 Å². The van der Waals surface area contributed by atoms with Gasteiger partial charge in [-0.1, -0.05) is 0 Å². The molecule has 1 aromatic carbocycles. The van der Waals surface area contributed by atoms with Gasteiger partial charge in [0.15, 0.2) is 0 Å². The smallest absolute Gasteiger partial charge is 0.317 e. The predicted octanol–water partition coefficient (Wildman–Crippen LogP) is 2.59. The number of fused-ring (bicyclic) bond motifs is 4. The molecule has 124 valence electrons. The van der Waals surface area contributed by atoms with Crippen molar-refractivity contribution in [3.05, 3.63) is 30.5 Å². The SMILES string of the molecule is C[C@H]1CCOCCOc2nccc(n2)-c2n[nH]c3ccc(cc23)O1. The normalized spacial score (nSPS) is 18.5. The maximum atomic E-state index is 5.99. The number of nitrogens with zero attached hydrogens (tertiary/aromatic N) is 3. The lowest BCUT2D eigenvalue weighted by Crippen LogP contribution is -2.16. The van der Waals surface area contributed by atoms with Gasteiger partial charge in [0.2, 0.25) is 0 Å². The van der Waals surface area contributed by atoms with Crippen LogP contribution in [0.2, 0.25) is 0 Å². The van der Waals surface area contributed by atoms with E-state index in [1.807, 2.05) is 31.2 Å². The fourth-order valence-electron chi connectivity index (χ4n) is 2.64. The first-order valence-corrected chi connectivity index (χ1v) is 7.98. The van der Waals surface area contributed by atoms with E-state index in [1.165, 1.54) is 0 Å². The van der Waals surface area contributed by atoms with Crippen LogP contribution in [-0.2, 0) is 4.74 Å². The van der Waals surface area contributed by atoms with Gasteiger partial charge in [0.25, 0.3) is 0 Å². The van der Waals surface area contributed by atoms with Crippen LogP contribution in [0.15, 0.2) is 30.5 Å². The van der Waals surface area contributed by atoms with Crippen LogP contribution in [0.3, 0.4) is 0 Å². The minimum Gasteiger partial charge on any atom is -0.491 e. The summed E-state index contributed by atoms with van der Waals surface area (Å²) in [6.45, 7) is 3.54. The quantitative estimate of drug-likeness (QED) is 0.684. The third-order valence-corrected chi connectivity index (χ3v) is 3.88. The molecule has 3 heterocycles. The van der Waals surface area contributed by atoms with E-state index in [-0.39, 0.29) is 6.10 Å². The summed E-state index contributed by atoms with van der Waals surface area (Å²) in [6.07, 6.45) is 2.53. The molecule has 0 amide bonds.